The Bertz CT molecular complexity index is 3190. The van der Waals surface area contributed by atoms with Crippen LogP contribution in [0.1, 0.15) is 16.7 Å². The van der Waals surface area contributed by atoms with E-state index >= 15 is 0 Å². The van der Waals surface area contributed by atoms with Crippen LogP contribution in [-0.4, -0.2) is 15.8 Å². The van der Waals surface area contributed by atoms with Crippen molar-refractivity contribution in [3.8, 4) is 33.7 Å². The lowest BCUT2D eigenvalue weighted by Gasteiger charge is -2.23. The molecule has 0 atom stereocenters. The van der Waals surface area contributed by atoms with Crippen molar-refractivity contribution in [1.82, 2.24) is 9.13 Å². The van der Waals surface area contributed by atoms with E-state index in [-0.39, 0.29) is 6.71 Å². The number of hydrogen-bond donors (Lipinski definition) is 0. The molecule has 0 radical (unpaired) electrons. The molecule has 1 aliphatic rings. The lowest BCUT2D eigenvalue weighted by Crippen LogP contribution is -2.42. The summed E-state index contributed by atoms with van der Waals surface area (Å²) in [5, 5.41) is 7.45. The van der Waals surface area contributed by atoms with Crippen molar-refractivity contribution in [2.24, 2.45) is 0 Å². The van der Waals surface area contributed by atoms with Crippen LogP contribution in [0.25, 0.3) is 64.4 Å². The third-order valence-corrected chi connectivity index (χ3v) is 12.8. The normalized spacial score (nSPS) is 12.6. The van der Waals surface area contributed by atoms with Gasteiger partial charge in [-0.15, -0.1) is 11.3 Å². The Labute approximate surface area is 317 Å². The van der Waals surface area contributed by atoms with Crippen molar-refractivity contribution in [2.45, 2.75) is 27.6 Å². The van der Waals surface area contributed by atoms with Gasteiger partial charge in [0, 0.05) is 49.6 Å². The van der Waals surface area contributed by atoms with Crippen LogP contribution in [0.5, 0.6) is 23.0 Å². The Kier molecular flexibility index (Phi) is 6.74. The van der Waals surface area contributed by atoms with Crippen LogP contribution in [0.2, 0.25) is 6.82 Å². The van der Waals surface area contributed by atoms with E-state index in [4.69, 9.17) is 9.47 Å². The third-order valence-electron chi connectivity index (χ3n) is 11.6. The number of aryl methyl sites for hydroxylation is 3. The highest BCUT2D eigenvalue weighted by Gasteiger charge is 2.27. The summed E-state index contributed by atoms with van der Waals surface area (Å²) < 4.78 is 20.0. The van der Waals surface area contributed by atoms with Gasteiger partial charge in [0.25, 0.3) is 0 Å². The summed E-state index contributed by atoms with van der Waals surface area (Å²) in [5.41, 5.74) is 11.7. The Balaban J connectivity index is 1.08. The number of hydrogen-bond acceptors (Lipinski definition) is 3. The second-order valence-corrected chi connectivity index (χ2v) is 15.7. The van der Waals surface area contributed by atoms with Gasteiger partial charge in [-0.3, -0.25) is 4.57 Å². The number of rotatable bonds is 3. The van der Waals surface area contributed by atoms with Crippen molar-refractivity contribution >= 4 is 82.7 Å². The lowest BCUT2D eigenvalue weighted by molar-refractivity contribution is 0.458. The SMILES string of the molecule is CB1c2cc(C)c(Oc3ccc4c5ccccc5n(-c5sc6ccccc6c5C)c4c3C)cc2Oc2ccc3c4ccccc4n(c3c2)-c2ccccc21. The molecule has 6 heteroatoms. The van der Waals surface area contributed by atoms with Gasteiger partial charge in [-0.2, -0.15) is 0 Å². The summed E-state index contributed by atoms with van der Waals surface area (Å²) in [6, 6.07) is 50.1. The van der Waals surface area contributed by atoms with Crippen molar-refractivity contribution < 1.29 is 9.47 Å². The van der Waals surface area contributed by atoms with E-state index in [9.17, 15) is 0 Å². The Morgan fingerprint density at radius 1 is 0.556 bits per heavy atom. The molecule has 7 aromatic carbocycles. The topological polar surface area (TPSA) is 28.3 Å². The van der Waals surface area contributed by atoms with Crippen molar-refractivity contribution in [3.63, 3.8) is 0 Å². The van der Waals surface area contributed by atoms with E-state index in [0.717, 1.165) is 45.1 Å². The van der Waals surface area contributed by atoms with Gasteiger partial charge in [0.15, 0.2) is 0 Å². The highest BCUT2D eigenvalue weighted by Crippen LogP contribution is 2.44. The molecule has 3 aromatic heterocycles. The van der Waals surface area contributed by atoms with Gasteiger partial charge in [-0.05, 0) is 91.3 Å². The molecule has 4 nitrogen and oxygen atoms in total. The molecule has 0 saturated carbocycles. The third kappa shape index (κ3) is 4.44. The zero-order valence-electron chi connectivity index (χ0n) is 30.5. The number of benzene rings is 7. The molecule has 0 unspecified atom stereocenters. The van der Waals surface area contributed by atoms with E-state index in [1.165, 1.54) is 69.9 Å². The first kappa shape index (κ1) is 31.3. The van der Waals surface area contributed by atoms with Crippen LogP contribution >= 0.6 is 11.3 Å². The first-order valence-electron chi connectivity index (χ1n) is 18.6. The van der Waals surface area contributed by atoms with Crippen LogP contribution in [0.4, 0.5) is 0 Å². The molecule has 10 aromatic rings. The Morgan fingerprint density at radius 2 is 1.22 bits per heavy atom. The zero-order valence-corrected chi connectivity index (χ0v) is 31.3. The lowest BCUT2D eigenvalue weighted by atomic mass is 9.42. The zero-order chi connectivity index (χ0) is 36.2. The number of nitrogens with zero attached hydrogens (tertiary/aromatic N) is 2. The Hall–Kier alpha value is -6.24. The maximum absolute atomic E-state index is 6.97. The van der Waals surface area contributed by atoms with Gasteiger partial charge in [0.05, 0.1) is 22.1 Å². The molecular formula is C48H35BN2O2S. The van der Waals surface area contributed by atoms with Crippen molar-refractivity contribution in [2.75, 3.05) is 0 Å². The van der Waals surface area contributed by atoms with Gasteiger partial charge in [-0.1, -0.05) is 91.1 Å². The van der Waals surface area contributed by atoms with Crippen LogP contribution in [0.15, 0.2) is 140 Å². The Morgan fingerprint density at radius 3 is 2.04 bits per heavy atom. The standard InChI is InChI=1S/C48H35BN2O2S/c1-28-25-38-45(52-31-21-22-35-33-14-5-9-17-39(33)50(42(35)26-31)41-19-11-8-16-37(41)49(38)4)27-44(28)53-43-24-23-36-34-15-6-10-18-40(34)51(47(36)30(43)3)48-29(2)32-13-7-12-20-46(32)54-48/h5-27H,1-4H3. The summed E-state index contributed by atoms with van der Waals surface area (Å²) in [4.78, 5) is 0. The highest BCUT2D eigenvalue weighted by molar-refractivity contribution is 7.21. The quantitative estimate of drug-likeness (QED) is 0.171. The predicted molar refractivity (Wildman–Crippen MR) is 229 cm³/mol. The molecule has 0 saturated heterocycles. The summed E-state index contributed by atoms with van der Waals surface area (Å²) in [6.45, 7) is 8.92. The molecule has 258 valence electrons. The number of aromatic nitrogens is 2. The molecule has 11 rings (SSSR count). The predicted octanol–water partition coefficient (Wildman–Crippen LogP) is 12.2. The summed E-state index contributed by atoms with van der Waals surface area (Å²) >= 11 is 1.85. The van der Waals surface area contributed by atoms with E-state index in [0.29, 0.717) is 0 Å². The van der Waals surface area contributed by atoms with Crippen LogP contribution in [-0.2, 0) is 0 Å². The van der Waals surface area contributed by atoms with Crippen molar-refractivity contribution in [1.29, 1.82) is 0 Å². The number of ether oxygens (including phenoxy) is 2. The second kappa shape index (κ2) is 11.6. The molecule has 4 heterocycles. The van der Waals surface area contributed by atoms with Crippen LogP contribution < -0.4 is 20.4 Å². The van der Waals surface area contributed by atoms with E-state index in [1.807, 2.05) is 11.3 Å². The number of fused-ring (bicyclic) bond motifs is 11. The first-order chi connectivity index (χ1) is 26.4. The number of para-hydroxylation sites is 3. The fourth-order valence-corrected chi connectivity index (χ4v) is 10.1. The fourth-order valence-electron chi connectivity index (χ4n) is 8.87. The summed E-state index contributed by atoms with van der Waals surface area (Å²) in [7, 11) is 0. The van der Waals surface area contributed by atoms with Crippen molar-refractivity contribution in [3.05, 3.63) is 156 Å². The van der Waals surface area contributed by atoms with Gasteiger partial charge >= 0.3 is 0 Å². The monoisotopic (exact) mass is 714 g/mol. The molecule has 0 amide bonds. The minimum absolute atomic E-state index is 0.0579. The van der Waals surface area contributed by atoms with E-state index < -0.39 is 0 Å². The van der Waals surface area contributed by atoms with E-state index in [2.05, 4.69) is 176 Å². The minimum atomic E-state index is 0.0579. The van der Waals surface area contributed by atoms with Crippen LogP contribution in [0, 0.1) is 20.8 Å². The fraction of sp³-hybridized carbons (Fsp3) is 0.0833. The molecular weight excluding hydrogens is 679 g/mol. The summed E-state index contributed by atoms with van der Waals surface area (Å²) in [6.07, 6.45) is 0. The van der Waals surface area contributed by atoms with Gasteiger partial charge in [0.1, 0.15) is 28.0 Å². The minimum Gasteiger partial charge on any atom is -0.458 e. The van der Waals surface area contributed by atoms with Gasteiger partial charge < -0.3 is 14.0 Å². The first-order valence-corrected chi connectivity index (χ1v) is 19.4. The maximum atomic E-state index is 6.97. The smallest absolute Gasteiger partial charge is 0.213 e. The average Bonchev–Trinajstić information content (AvgIpc) is 3.83. The average molecular weight is 715 g/mol. The molecule has 0 fully saturated rings. The molecule has 0 aliphatic carbocycles. The molecule has 0 N–H and O–H groups in total. The molecule has 2 bridgehead atoms. The second-order valence-electron chi connectivity index (χ2n) is 14.6. The molecule has 0 spiro atoms. The highest BCUT2D eigenvalue weighted by atomic mass is 32.1. The van der Waals surface area contributed by atoms with Crippen LogP contribution in [0.3, 0.4) is 0 Å². The van der Waals surface area contributed by atoms with Gasteiger partial charge in [0.2, 0.25) is 6.71 Å². The van der Waals surface area contributed by atoms with E-state index in [1.54, 1.807) is 0 Å². The largest absolute Gasteiger partial charge is 0.458 e. The van der Waals surface area contributed by atoms with Gasteiger partial charge in [-0.25, -0.2) is 0 Å². The number of thiophene rings is 1. The molecule has 1 aliphatic heterocycles. The molecule has 54 heavy (non-hydrogen) atoms. The maximum Gasteiger partial charge on any atom is 0.213 e. The summed E-state index contributed by atoms with van der Waals surface area (Å²) in [5.74, 6) is 3.22.